The van der Waals surface area contributed by atoms with Crippen molar-refractivity contribution in [3.05, 3.63) is 352 Å². The molecule has 0 radical (unpaired) electrons. The Morgan fingerprint density at radius 2 is 0.449 bits per heavy atom. The third-order valence-corrected chi connectivity index (χ3v) is 18.7. The van der Waals surface area contributed by atoms with Gasteiger partial charge in [-0.05, 0) is 128 Å². The minimum Gasteiger partial charge on any atom is -0.309 e. The quantitative estimate of drug-likeness (QED) is 0.114. The molecular weight excluding hydrogens is 1190 g/mol. The molecule has 14 aromatic carbocycles. The smallest absolute Gasteiger partial charge is 0.164 e. The van der Waals surface area contributed by atoms with Gasteiger partial charge in [0.05, 0.1) is 22.1 Å². The van der Waals surface area contributed by atoms with E-state index in [0.717, 1.165) is 117 Å². The van der Waals surface area contributed by atoms with E-state index >= 15 is 0 Å². The van der Waals surface area contributed by atoms with E-state index in [1.54, 1.807) is 0 Å². The molecule has 0 N–H and O–H groups in total. The summed E-state index contributed by atoms with van der Waals surface area (Å²) in [5, 5.41) is 4.77. The van der Waals surface area contributed by atoms with Crippen molar-refractivity contribution >= 4 is 43.6 Å². The molecule has 4 aromatic heterocycles. The predicted octanol–water partition coefficient (Wildman–Crippen LogP) is 22.6. The fourth-order valence-corrected chi connectivity index (χ4v) is 13.8. The highest BCUT2D eigenvalue weighted by molar-refractivity contribution is 6.12. The van der Waals surface area contributed by atoms with Gasteiger partial charge in [-0.2, -0.15) is 0 Å². The van der Waals surface area contributed by atoms with Gasteiger partial charge in [-0.15, -0.1) is 0 Å². The Hall–Kier alpha value is -13.3. The molecule has 0 atom stereocenters. The first-order valence-corrected chi connectivity index (χ1v) is 33.0. The Bertz CT molecular complexity index is 5900. The van der Waals surface area contributed by atoms with E-state index in [9.17, 15) is 0 Å². The van der Waals surface area contributed by atoms with Crippen molar-refractivity contribution in [1.82, 2.24) is 39.0 Å². The van der Waals surface area contributed by atoms with Crippen LogP contribution in [0.2, 0.25) is 0 Å². The molecular formula is C90H58N8. The largest absolute Gasteiger partial charge is 0.309 e. The number of para-hydroxylation sites is 3. The molecule has 8 heteroatoms. The molecule has 18 aromatic rings. The molecule has 98 heavy (non-hydrogen) atoms. The van der Waals surface area contributed by atoms with E-state index in [-0.39, 0.29) is 0 Å². The first-order valence-electron chi connectivity index (χ1n) is 33.0. The number of hydrogen-bond acceptors (Lipinski definition) is 6. The number of benzene rings is 14. The second-order valence-corrected chi connectivity index (χ2v) is 24.6. The van der Waals surface area contributed by atoms with Crippen LogP contribution in [0.15, 0.2) is 352 Å². The van der Waals surface area contributed by atoms with Crippen LogP contribution in [0.4, 0.5) is 0 Å². The molecule has 0 spiro atoms. The third kappa shape index (κ3) is 10.6. The molecule has 0 bridgehead atoms. The fraction of sp³-hybridized carbons (Fsp3) is 0. The summed E-state index contributed by atoms with van der Waals surface area (Å²) >= 11 is 0. The van der Waals surface area contributed by atoms with Crippen LogP contribution in [0.3, 0.4) is 0 Å². The topological polar surface area (TPSA) is 87.2 Å². The molecule has 0 aliphatic rings. The van der Waals surface area contributed by atoms with E-state index < -0.39 is 0 Å². The Morgan fingerprint density at radius 3 is 0.939 bits per heavy atom. The molecule has 0 amide bonds. The maximum absolute atomic E-state index is 5.07. The van der Waals surface area contributed by atoms with E-state index in [4.69, 9.17) is 29.9 Å². The number of nitrogens with zero attached hydrogens (tertiary/aromatic N) is 8. The van der Waals surface area contributed by atoms with E-state index in [0.29, 0.717) is 34.9 Å². The molecule has 458 valence electrons. The van der Waals surface area contributed by atoms with Gasteiger partial charge in [0, 0.05) is 66.3 Å². The number of rotatable bonds is 13. The van der Waals surface area contributed by atoms with Crippen LogP contribution in [0, 0.1) is 0 Å². The number of aromatic nitrogens is 8. The predicted molar refractivity (Wildman–Crippen MR) is 402 cm³/mol. The Labute approximate surface area is 566 Å². The number of fused-ring (bicyclic) bond motifs is 6. The molecule has 0 saturated carbocycles. The molecule has 0 unspecified atom stereocenters. The Balaban J connectivity index is 0.703. The summed E-state index contributed by atoms with van der Waals surface area (Å²) in [7, 11) is 0. The molecule has 18 rings (SSSR count). The second-order valence-electron chi connectivity index (χ2n) is 24.6. The lowest BCUT2D eigenvalue weighted by atomic mass is 9.90. The van der Waals surface area contributed by atoms with Crippen LogP contribution in [0.1, 0.15) is 0 Å². The minimum absolute atomic E-state index is 0.614. The molecule has 0 saturated heterocycles. The van der Waals surface area contributed by atoms with Gasteiger partial charge in [0.2, 0.25) is 0 Å². The molecule has 0 fully saturated rings. The zero-order valence-corrected chi connectivity index (χ0v) is 53.1. The highest BCUT2D eigenvalue weighted by Crippen LogP contribution is 2.43. The van der Waals surface area contributed by atoms with Gasteiger partial charge in [0.1, 0.15) is 0 Å². The fourth-order valence-electron chi connectivity index (χ4n) is 13.8. The van der Waals surface area contributed by atoms with Gasteiger partial charge in [-0.1, -0.05) is 279 Å². The SMILES string of the molecule is c1ccc(-c2nc(-c3ccccc3)nc(-c3ccc(-c4cccc(-c5ccc6c(c5)c5ccccc5n6-c5cccc(-c6ccc(-c7ccc(-c8nc(-c9ccccc9)nc(-c9ccccc9)n8)cc7)c(-c7ccc8c(c7)c7ccccc7n8-c7ccccc7)c6)c5)c4)cc3)n2)cc1. The van der Waals surface area contributed by atoms with Crippen molar-refractivity contribution in [3.8, 4) is 135 Å². The van der Waals surface area contributed by atoms with Crippen molar-refractivity contribution < 1.29 is 0 Å². The van der Waals surface area contributed by atoms with Crippen LogP contribution < -0.4 is 0 Å². The van der Waals surface area contributed by atoms with Crippen LogP contribution in [0.5, 0.6) is 0 Å². The standard InChI is InChI=1S/C90H58N8/c1-6-22-61(23-7-1)85-91-86(62-24-8-2-9-25-62)94-89(93-85)65-44-40-59(41-45-65)67-30-20-31-68(54-67)71-49-52-84-79(57-71)76-36-17-19-39-82(76)98(84)74-35-21-32-69(55-74)70-48-51-75(78(56-70)72-50-53-83-80(58-72)77-37-16-18-38-81(77)97(83)73-33-14-5-15-34-73)60-42-46-66(47-43-60)90-95-87(63-26-10-3-11-27-63)92-88(96-90)64-28-12-4-13-29-64/h1-58H. The number of hydrogen-bond donors (Lipinski definition) is 0. The van der Waals surface area contributed by atoms with Crippen LogP contribution in [-0.4, -0.2) is 39.0 Å². The highest BCUT2D eigenvalue weighted by Gasteiger charge is 2.21. The van der Waals surface area contributed by atoms with Gasteiger partial charge in [0.25, 0.3) is 0 Å². The van der Waals surface area contributed by atoms with E-state index in [1.165, 1.54) is 27.1 Å². The molecule has 8 nitrogen and oxygen atoms in total. The zero-order chi connectivity index (χ0) is 64.9. The Kier molecular flexibility index (Phi) is 14.4. The summed E-state index contributed by atoms with van der Waals surface area (Å²) in [4.78, 5) is 30.0. The van der Waals surface area contributed by atoms with Crippen molar-refractivity contribution in [2.75, 3.05) is 0 Å². The van der Waals surface area contributed by atoms with Crippen molar-refractivity contribution in [2.24, 2.45) is 0 Å². The minimum atomic E-state index is 0.614. The van der Waals surface area contributed by atoms with Gasteiger partial charge >= 0.3 is 0 Å². The van der Waals surface area contributed by atoms with Crippen LogP contribution >= 0.6 is 0 Å². The Morgan fingerprint density at radius 1 is 0.153 bits per heavy atom. The van der Waals surface area contributed by atoms with Gasteiger partial charge in [-0.3, -0.25) is 0 Å². The third-order valence-electron chi connectivity index (χ3n) is 18.7. The van der Waals surface area contributed by atoms with Crippen molar-refractivity contribution in [3.63, 3.8) is 0 Å². The van der Waals surface area contributed by atoms with Crippen LogP contribution in [0.25, 0.3) is 179 Å². The lowest BCUT2D eigenvalue weighted by Crippen LogP contribution is -2.00. The lowest BCUT2D eigenvalue weighted by molar-refractivity contribution is 1.07. The lowest BCUT2D eigenvalue weighted by Gasteiger charge is -2.16. The maximum Gasteiger partial charge on any atom is 0.164 e. The van der Waals surface area contributed by atoms with Crippen molar-refractivity contribution in [2.45, 2.75) is 0 Å². The monoisotopic (exact) mass is 1250 g/mol. The second kappa shape index (κ2) is 24.6. The first-order chi connectivity index (χ1) is 48.5. The summed E-state index contributed by atoms with van der Waals surface area (Å²) in [5.41, 5.74) is 23.5. The summed E-state index contributed by atoms with van der Waals surface area (Å²) in [6.45, 7) is 0. The summed E-state index contributed by atoms with van der Waals surface area (Å²) < 4.78 is 4.79. The summed E-state index contributed by atoms with van der Waals surface area (Å²) in [5.74, 6) is 3.78. The van der Waals surface area contributed by atoms with Crippen molar-refractivity contribution in [1.29, 1.82) is 0 Å². The average Bonchev–Trinajstić information content (AvgIpc) is 1.58. The zero-order valence-electron chi connectivity index (χ0n) is 53.1. The summed E-state index contributed by atoms with van der Waals surface area (Å²) in [6.07, 6.45) is 0. The van der Waals surface area contributed by atoms with E-state index in [1.807, 2.05) is 121 Å². The highest BCUT2D eigenvalue weighted by atomic mass is 15.0. The van der Waals surface area contributed by atoms with Gasteiger partial charge in [-0.25, -0.2) is 29.9 Å². The van der Waals surface area contributed by atoms with Gasteiger partial charge in [0.15, 0.2) is 34.9 Å². The molecule has 4 heterocycles. The average molecular weight is 1250 g/mol. The van der Waals surface area contributed by atoms with Crippen LogP contribution in [-0.2, 0) is 0 Å². The molecule has 0 aliphatic heterocycles. The summed E-state index contributed by atoms with van der Waals surface area (Å²) in [6, 6.07) is 124. The van der Waals surface area contributed by atoms with E-state index in [2.05, 4.69) is 240 Å². The normalized spacial score (nSPS) is 11.5. The maximum atomic E-state index is 5.07. The molecule has 0 aliphatic carbocycles. The first kappa shape index (κ1) is 57.4. The van der Waals surface area contributed by atoms with Gasteiger partial charge < -0.3 is 9.13 Å².